The van der Waals surface area contributed by atoms with Crippen LogP contribution in [-0.2, 0) is 6.58 Å². The van der Waals surface area contributed by atoms with E-state index in [0.717, 1.165) is 10.8 Å². The molecular formula is C11H10O. The van der Waals surface area contributed by atoms with Crippen molar-refractivity contribution in [3.05, 3.63) is 48.0 Å². The summed E-state index contributed by atoms with van der Waals surface area (Å²) in [7, 11) is 0. The summed E-state index contributed by atoms with van der Waals surface area (Å²) in [5, 5.41) is 11.2. The van der Waals surface area contributed by atoms with Gasteiger partial charge in [-0.3, -0.25) is 0 Å². The molecule has 0 fully saturated rings. The van der Waals surface area contributed by atoms with Gasteiger partial charge in [0.05, 0.1) is 7.95 Å². The van der Waals surface area contributed by atoms with Crippen LogP contribution in [0.5, 0.6) is 0 Å². The van der Waals surface area contributed by atoms with E-state index >= 15 is 0 Å². The van der Waals surface area contributed by atoms with Crippen molar-refractivity contribution in [3.63, 3.8) is 0 Å². The van der Waals surface area contributed by atoms with Gasteiger partial charge in [-0.2, -0.15) is 0 Å². The van der Waals surface area contributed by atoms with Gasteiger partial charge in [-0.15, -0.1) is 0 Å². The molecule has 0 heterocycles. The summed E-state index contributed by atoms with van der Waals surface area (Å²) < 4.78 is 7.26. The first kappa shape index (κ1) is 6.21. The number of fused-ring (bicyclic) bond motifs is 1. The molecule has 1 nitrogen and oxygen atoms in total. The summed E-state index contributed by atoms with van der Waals surface area (Å²) in [5.41, 5.74) is 0.665. The zero-order chi connectivity index (χ0) is 9.26. The molecule has 0 radical (unpaired) electrons. The third-order valence-corrected chi connectivity index (χ3v) is 1.96. The Labute approximate surface area is 72.7 Å². The number of hydrogen-bond acceptors (Lipinski definition) is 1. The molecule has 0 saturated heterocycles. The number of rotatable bonds is 1. The van der Waals surface area contributed by atoms with E-state index in [1.54, 1.807) is 6.07 Å². The number of aliphatic hydroxyl groups excluding tert-OH is 1. The van der Waals surface area contributed by atoms with Crippen molar-refractivity contribution in [1.29, 1.82) is 0 Å². The number of hydrogen-bond donors (Lipinski definition) is 1. The second-order valence-electron chi connectivity index (χ2n) is 2.70. The first-order chi connectivity index (χ1) is 6.29. The topological polar surface area (TPSA) is 20.2 Å². The third kappa shape index (κ3) is 1.08. The Bertz CT molecular complexity index is 418. The molecule has 2 aromatic carbocycles. The van der Waals surface area contributed by atoms with Gasteiger partial charge in [0.1, 0.15) is 0 Å². The highest BCUT2D eigenvalue weighted by Gasteiger charge is 1.96. The minimum Gasteiger partial charge on any atom is -0.392 e. The van der Waals surface area contributed by atoms with Gasteiger partial charge in [-0.1, -0.05) is 42.5 Å². The molecular weight excluding hydrogens is 148 g/mol. The highest BCUT2D eigenvalue weighted by molar-refractivity contribution is 5.85. The molecule has 2 rings (SSSR count). The molecule has 0 bridgehead atoms. The SMILES string of the molecule is [2H]C(O)c1cccc2ccccc12. The molecule has 2 aromatic rings. The lowest BCUT2D eigenvalue weighted by molar-refractivity contribution is 0.283. The maximum atomic E-state index is 9.19. The van der Waals surface area contributed by atoms with Gasteiger partial charge in [-0.25, -0.2) is 0 Å². The zero-order valence-corrected chi connectivity index (χ0v) is 6.57. The molecule has 0 aromatic heterocycles. The molecule has 0 aliphatic rings. The van der Waals surface area contributed by atoms with Crippen molar-refractivity contribution in [2.45, 2.75) is 6.58 Å². The average molecular weight is 159 g/mol. The van der Waals surface area contributed by atoms with E-state index in [4.69, 9.17) is 1.37 Å². The fourth-order valence-electron chi connectivity index (χ4n) is 1.36. The molecule has 0 aliphatic carbocycles. The maximum absolute atomic E-state index is 9.19. The minimum absolute atomic E-state index is 0.665. The van der Waals surface area contributed by atoms with Crippen LogP contribution in [0.1, 0.15) is 6.93 Å². The van der Waals surface area contributed by atoms with Gasteiger partial charge in [0.25, 0.3) is 0 Å². The summed E-state index contributed by atoms with van der Waals surface area (Å²) in [5.74, 6) is 0. The predicted octanol–water partition coefficient (Wildman–Crippen LogP) is 2.33. The zero-order valence-electron chi connectivity index (χ0n) is 7.57. The quantitative estimate of drug-likeness (QED) is 0.677. The van der Waals surface area contributed by atoms with Gasteiger partial charge in [0, 0.05) is 0 Å². The van der Waals surface area contributed by atoms with Crippen LogP contribution in [-0.4, -0.2) is 5.11 Å². The van der Waals surface area contributed by atoms with Crippen LogP contribution in [0.4, 0.5) is 0 Å². The predicted molar refractivity (Wildman–Crippen MR) is 49.9 cm³/mol. The fraction of sp³-hybridized carbons (Fsp3) is 0.0909. The molecule has 0 spiro atoms. The van der Waals surface area contributed by atoms with Crippen molar-refractivity contribution in [2.75, 3.05) is 0 Å². The van der Waals surface area contributed by atoms with Crippen LogP contribution in [0.15, 0.2) is 42.5 Å². The molecule has 0 saturated carbocycles. The molecule has 12 heavy (non-hydrogen) atoms. The van der Waals surface area contributed by atoms with Gasteiger partial charge in [-0.05, 0) is 16.3 Å². The van der Waals surface area contributed by atoms with Crippen molar-refractivity contribution in [1.82, 2.24) is 0 Å². The van der Waals surface area contributed by atoms with E-state index in [9.17, 15) is 5.11 Å². The van der Waals surface area contributed by atoms with Crippen LogP contribution in [0.2, 0.25) is 0 Å². The van der Waals surface area contributed by atoms with E-state index in [-0.39, 0.29) is 0 Å². The molecule has 1 unspecified atom stereocenters. The van der Waals surface area contributed by atoms with Crippen LogP contribution in [0.25, 0.3) is 10.8 Å². The van der Waals surface area contributed by atoms with Crippen LogP contribution >= 0.6 is 0 Å². The summed E-state index contributed by atoms with van der Waals surface area (Å²) >= 11 is 0. The maximum Gasteiger partial charge on any atom is 0.0687 e. The smallest absolute Gasteiger partial charge is 0.0687 e. The Morgan fingerprint density at radius 3 is 2.67 bits per heavy atom. The summed E-state index contributed by atoms with van der Waals surface area (Å²) in [6, 6.07) is 13.4. The van der Waals surface area contributed by atoms with Crippen molar-refractivity contribution < 1.29 is 6.48 Å². The Hall–Kier alpha value is -1.34. The van der Waals surface area contributed by atoms with E-state index in [1.165, 1.54) is 0 Å². The van der Waals surface area contributed by atoms with Crippen molar-refractivity contribution >= 4 is 10.8 Å². The summed E-state index contributed by atoms with van der Waals surface area (Å²) in [6.07, 6.45) is 0. The van der Waals surface area contributed by atoms with Crippen LogP contribution in [0.3, 0.4) is 0 Å². The fourth-order valence-corrected chi connectivity index (χ4v) is 1.36. The second kappa shape index (κ2) is 2.95. The molecule has 1 heteroatoms. The highest BCUT2D eigenvalue weighted by Crippen LogP contribution is 2.17. The molecule has 0 aliphatic heterocycles. The van der Waals surface area contributed by atoms with E-state index in [0.29, 0.717) is 5.56 Å². The Kier molecular flexibility index (Phi) is 1.53. The molecule has 0 amide bonds. The standard InChI is InChI=1S/C11H10O/c12-8-10-6-3-5-9-4-1-2-7-11(9)10/h1-7,12H,8H2/i8D. The van der Waals surface area contributed by atoms with E-state index in [2.05, 4.69) is 0 Å². The first-order valence-electron chi connectivity index (χ1n) is 4.45. The Morgan fingerprint density at radius 1 is 1.08 bits per heavy atom. The molecule has 1 atom stereocenters. The first-order valence-corrected chi connectivity index (χ1v) is 3.87. The van der Waals surface area contributed by atoms with Gasteiger partial charge < -0.3 is 5.11 Å². The van der Waals surface area contributed by atoms with Crippen LogP contribution < -0.4 is 0 Å². The Balaban J connectivity index is 2.76. The second-order valence-corrected chi connectivity index (χ2v) is 2.70. The average Bonchev–Trinajstić information content (AvgIpc) is 2.17. The summed E-state index contributed by atoms with van der Waals surface area (Å²) in [4.78, 5) is 0. The monoisotopic (exact) mass is 159 g/mol. The lowest BCUT2D eigenvalue weighted by Gasteiger charge is -2.01. The van der Waals surface area contributed by atoms with Crippen molar-refractivity contribution in [3.8, 4) is 0 Å². The van der Waals surface area contributed by atoms with Gasteiger partial charge in [0.15, 0.2) is 0 Å². The third-order valence-electron chi connectivity index (χ3n) is 1.96. The molecule has 60 valence electrons. The molecule has 1 N–H and O–H groups in total. The number of aliphatic hydroxyl groups is 1. The van der Waals surface area contributed by atoms with Crippen molar-refractivity contribution in [2.24, 2.45) is 0 Å². The van der Waals surface area contributed by atoms with Crippen LogP contribution in [0, 0.1) is 0 Å². The minimum atomic E-state index is -1.15. The number of benzene rings is 2. The van der Waals surface area contributed by atoms with E-state index < -0.39 is 6.58 Å². The lowest BCUT2D eigenvalue weighted by atomic mass is 10.1. The Morgan fingerprint density at radius 2 is 1.83 bits per heavy atom. The summed E-state index contributed by atoms with van der Waals surface area (Å²) in [6.45, 7) is -1.15. The highest BCUT2D eigenvalue weighted by atomic mass is 16.3. The normalized spacial score (nSPS) is 14.2. The largest absolute Gasteiger partial charge is 0.392 e. The van der Waals surface area contributed by atoms with Gasteiger partial charge in [0.2, 0.25) is 0 Å². The van der Waals surface area contributed by atoms with Gasteiger partial charge >= 0.3 is 0 Å². The van der Waals surface area contributed by atoms with E-state index in [1.807, 2.05) is 36.4 Å². The lowest BCUT2D eigenvalue weighted by Crippen LogP contribution is -1.84.